The second-order valence-corrected chi connectivity index (χ2v) is 7.62. The maximum Gasteiger partial charge on any atom is 0.282 e. The molecule has 0 bridgehead atoms. The van der Waals surface area contributed by atoms with E-state index in [2.05, 4.69) is 41.9 Å². The van der Waals surface area contributed by atoms with Gasteiger partial charge >= 0.3 is 0 Å². The van der Waals surface area contributed by atoms with Crippen LogP contribution in [0, 0.1) is 18.3 Å². The standard InChI is InChI=1S/C18H11Br2ClN4O2/c1-10-24-16-3-2-12(19)8-13(16)18(26)25(10)23-9-11-6-14(20)17(15(21)7-11)27-5-4-22/h2-3,6-9H,5H2,1H3. The zero-order valence-electron chi connectivity index (χ0n) is 13.9. The monoisotopic (exact) mass is 508 g/mol. The van der Waals surface area contributed by atoms with Crippen LogP contribution < -0.4 is 10.3 Å². The van der Waals surface area contributed by atoms with Gasteiger partial charge in [0.1, 0.15) is 11.9 Å². The summed E-state index contributed by atoms with van der Waals surface area (Å²) in [4.78, 5) is 17.1. The number of nitrogens with zero attached hydrogens (tertiary/aromatic N) is 4. The van der Waals surface area contributed by atoms with Gasteiger partial charge in [0.25, 0.3) is 5.56 Å². The summed E-state index contributed by atoms with van der Waals surface area (Å²) in [5, 5.41) is 13.7. The van der Waals surface area contributed by atoms with E-state index in [0.717, 1.165) is 4.47 Å². The Hall–Kier alpha value is -2.21. The van der Waals surface area contributed by atoms with E-state index < -0.39 is 0 Å². The van der Waals surface area contributed by atoms with Crippen LogP contribution in [0.3, 0.4) is 0 Å². The highest BCUT2D eigenvalue weighted by Crippen LogP contribution is 2.34. The predicted molar refractivity (Wildman–Crippen MR) is 112 cm³/mol. The first-order chi connectivity index (χ1) is 12.9. The lowest BCUT2D eigenvalue weighted by Crippen LogP contribution is -2.20. The topological polar surface area (TPSA) is 80.3 Å². The van der Waals surface area contributed by atoms with E-state index in [0.29, 0.717) is 37.5 Å². The number of ether oxygens (including phenoxy) is 1. The number of halogens is 3. The first kappa shape index (κ1) is 19.5. The van der Waals surface area contributed by atoms with Crippen LogP contribution in [0.1, 0.15) is 11.4 Å². The third-order valence-electron chi connectivity index (χ3n) is 3.59. The summed E-state index contributed by atoms with van der Waals surface area (Å²) in [6, 6.07) is 10.6. The fourth-order valence-corrected chi connectivity index (χ4v) is 3.77. The number of benzene rings is 2. The van der Waals surface area contributed by atoms with E-state index in [9.17, 15) is 4.79 Å². The smallest absolute Gasteiger partial charge is 0.282 e. The van der Waals surface area contributed by atoms with Crippen molar-refractivity contribution in [2.75, 3.05) is 6.61 Å². The van der Waals surface area contributed by atoms with Crippen molar-refractivity contribution in [3.05, 3.63) is 66.0 Å². The average molecular weight is 511 g/mol. The Kier molecular flexibility index (Phi) is 5.95. The molecule has 0 saturated heterocycles. The minimum absolute atomic E-state index is 0.112. The highest BCUT2D eigenvalue weighted by atomic mass is 79.9. The second kappa shape index (κ2) is 8.21. The fraction of sp³-hybridized carbons (Fsp3) is 0.111. The number of rotatable bonds is 4. The lowest BCUT2D eigenvalue weighted by Gasteiger charge is -2.08. The molecule has 0 aliphatic rings. The van der Waals surface area contributed by atoms with E-state index in [1.165, 1.54) is 10.9 Å². The van der Waals surface area contributed by atoms with Gasteiger partial charge in [-0.25, -0.2) is 4.98 Å². The molecule has 9 heteroatoms. The molecular formula is C18H11Br2ClN4O2. The summed E-state index contributed by atoms with van der Waals surface area (Å²) in [6.45, 7) is 1.60. The van der Waals surface area contributed by atoms with Crippen molar-refractivity contribution in [2.45, 2.75) is 6.92 Å². The normalized spacial score (nSPS) is 11.1. The Morgan fingerprint density at radius 3 is 2.85 bits per heavy atom. The molecule has 1 heterocycles. The maximum absolute atomic E-state index is 12.7. The zero-order valence-corrected chi connectivity index (χ0v) is 17.8. The number of fused-ring (bicyclic) bond motifs is 1. The Balaban J connectivity index is 2.02. The van der Waals surface area contributed by atoms with Crippen molar-refractivity contribution >= 4 is 60.6 Å². The summed E-state index contributed by atoms with van der Waals surface area (Å²) < 4.78 is 7.88. The molecule has 3 aromatic rings. The molecule has 136 valence electrons. The van der Waals surface area contributed by atoms with Crippen molar-refractivity contribution in [1.82, 2.24) is 9.66 Å². The van der Waals surface area contributed by atoms with Gasteiger partial charge in [-0.2, -0.15) is 15.0 Å². The molecule has 27 heavy (non-hydrogen) atoms. The van der Waals surface area contributed by atoms with Crippen LogP contribution in [0.2, 0.25) is 5.02 Å². The van der Waals surface area contributed by atoms with E-state index in [-0.39, 0.29) is 12.2 Å². The number of aryl methyl sites for hydroxylation is 1. The number of aromatic nitrogens is 2. The minimum Gasteiger partial charge on any atom is -0.476 e. The number of hydrogen-bond acceptors (Lipinski definition) is 5. The van der Waals surface area contributed by atoms with Gasteiger partial charge in [0.15, 0.2) is 12.4 Å². The first-order valence-corrected chi connectivity index (χ1v) is 9.59. The molecule has 0 N–H and O–H groups in total. The van der Waals surface area contributed by atoms with Crippen LogP contribution in [-0.4, -0.2) is 22.5 Å². The molecule has 0 aliphatic heterocycles. The van der Waals surface area contributed by atoms with E-state index in [1.807, 2.05) is 12.1 Å². The van der Waals surface area contributed by atoms with Crippen molar-refractivity contribution in [3.8, 4) is 11.8 Å². The third kappa shape index (κ3) is 4.21. The van der Waals surface area contributed by atoms with Crippen molar-refractivity contribution in [1.29, 1.82) is 5.26 Å². The third-order valence-corrected chi connectivity index (χ3v) is 4.96. The van der Waals surface area contributed by atoms with Crippen molar-refractivity contribution < 1.29 is 4.74 Å². The lowest BCUT2D eigenvalue weighted by molar-refractivity contribution is 0.366. The SMILES string of the molecule is Cc1nc2ccc(Br)cc2c(=O)n1N=Cc1cc(Cl)c(OCC#N)c(Br)c1. The largest absolute Gasteiger partial charge is 0.476 e. The van der Waals surface area contributed by atoms with Gasteiger partial charge < -0.3 is 4.74 Å². The van der Waals surface area contributed by atoms with Crippen LogP contribution in [0.25, 0.3) is 10.9 Å². The van der Waals surface area contributed by atoms with Gasteiger partial charge in [-0.1, -0.05) is 27.5 Å². The molecule has 6 nitrogen and oxygen atoms in total. The van der Waals surface area contributed by atoms with E-state index in [1.54, 1.807) is 31.2 Å². The van der Waals surface area contributed by atoms with Gasteiger partial charge in [0, 0.05) is 4.47 Å². The minimum atomic E-state index is -0.269. The molecular weight excluding hydrogens is 499 g/mol. The Labute approximate surface area is 176 Å². The van der Waals surface area contributed by atoms with Crippen LogP contribution in [-0.2, 0) is 0 Å². The van der Waals surface area contributed by atoms with Crippen molar-refractivity contribution in [3.63, 3.8) is 0 Å². The van der Waals surface area contributed by atoms with Gasteiger partial charge in [-0.3, -0.25) is 4.79 Å². The predicted octanol–water partition coefficient (Wildman–Crippen LogP) is 4.67. The number of nitriles is 1. The average Bonchev–Trinajstić information content (AvgIpc) is 2.62. The number of hydrogen-bond donors (Lipinski definition) is 0. The molecule has 0 amide bonds. The lowest BCUT2D eigenvalue weighted by atomic mass is 10.2. The van der Waals surface area contributed by atoms with Crippen LogP contribution >= 0.6 is 43.5 Å². The molecule has 0 saturated carbocycles. The molecule has 0 aliphatic carbocycles. The van der Waals surface area contributed by atoms with E-state index >= 15 is 0 Å². The van der Waals surface area contributed by atoms with Gasteiger partial charge in [0.05, 0.1) is 26.6 Å². The molecule has 3 rings (SSSR count). The Morgan fingerprint density at radius 2 is 2.15 bits per heavy atom. The van der Waals surface area contributed by atoms with E-state index in [4.69, 9.17) is 21.6 Å². The molecule has 2 aromatic carbocycles. The van der Waals surface area contributed by atoms with Crippen LogP contribution in [0.5, 0.6) is 5.75 Å². The molecule has 1 aromatic heterocycles. The maximum atomic E-state index is 12.7. The van der Waals surface area contributed by atoms with Gasteiger partial charge in [-0.15, -0.1) is 0 Å². The van der Waals surface area contributed by atoms with Crippen molar-refractivity contribution in [2.24, 2.45) is 5.10 Å². The summed E-state index contributed by atoms with van der Waals surface area (Å²) in [6.07, 6.45) is 1.50. The molecule has 0 radical (unpaired) electrons. The first-order valence-electron chi connectivity index (χ1n) is 7.63. The second-order valence-electron chi connectivity index (χ2n) is 5.44. The summed E-state index contributed by atoms with van der Waals surface area (Å²) in [5.74, 6) is 0.839. The quantitative estimate of drug-likeness (QED) is 0.478. The van der Waals surface area contributed by atoms with Gasteiger partial charge in [-0.05, 0) is 58.7 Å². The summed E-state index contributed by atoms with van der Waals surface area (Å²) in [7, 11) is 0. The Morgan fingerprint density at radius 1 is 1.37 bits per heavy atom. The van der Waals surface area contributed by atoms with Gasteiger partial charge in [0.2, 0.25) is 0 Å². The highest BCUT2D eigenvalue weighted by molar-refractivity contribution is 9.10. The molecule has 0 spiro atoms. The molecule has 0 unspecified atom stereocenters. The summed E-state index contributed by atoms with van der Waals surface area (Å²) >= 11 is 12.9. The molecule has 0 fully saturated rings. The van der Waals surface area contributed by atoms with Crippen LogP contribution in [0.4, 0.5) is 0 Å². The molecule has 0 atom stereocenters. The van der Waals surface area contributed by atoms with Crippen LogP contribution in [0.15, 0.2) is 49.2 Å². The highest BCUT2D eigenvalue weighted by Gasteiger charge is 2.10. The zero-order chi connectivity index (χ0) is 19.6. The Bertz CT molecular complexity index is 1150. The fourth-order valence-electron chi connectivity index (χ4n) is 2.42. The summed E-state index contributed by atoms with van der Waals surface area (Å²) in [5.41, 5.74) is 0.989.